The lowest BCUT2D eigenvalue weighted by Crippen LogP contribution is -2.33. The third-order valence-corrected chi connectivity index (χ3v) is 6.41. The highest BCUT2D eigenvalue weighted by molar-refractivity contribution is 5.76. The van der Waals surface area contributed by atoms with Gasteiger partial charge >= 0.3 is 5.97 Å². The van der Waals surface area contributed by atoms with Crippen molar-refractivity contribution in [1.82, 2.24) is 10.3 Å². The standard InChI is InChI=1S/C31H29FN2O4/c32-27-19-25(11-13-28(27)38-31(35)24-15-17-33-18-16-24)26-12-14-29(36-20-22-7-3-1-4-8-22)34-30(26)37-21-23-9-5-2-6-10-23/h1-14,19,24,33H,15-18,20-21H2. The molecule has 5 rings (SSSR count). The molecule has 1 N–H and O–H groups in total. The summed E-state index contributed by atoms with van der Waals surface area (Å²) >= 11 is 0. The van der Waals surface area contributed by atoms with Gasteiger partial charge in [-0.1, -0.05) is 66.7 Å². The van der Waals surface area contributed by atoms with Crippen LogP contribution in [0.25, 0.3) is 11.1 Å². The Kier molecular flexibility index (Phi) is 8.26. The summed E-state index contributed by atoms with van der Waals surface area (Å²) in [5, 5.41) is 3.21. The number of esters is 1. The molecule has 0 amide bonds. The minimum atomic E-state index is -0.622. The number of nitrogens with one attached hydrogen (secondary N) is 1. The van der Waals surface area contributed by atoms with E-state index in [-0.39, 0.29) is 18.3 Å². The largest absolute Gasteiger partial charge is 0.473 e. The number of hydrogen-bond acceptors (Lipinski definition) is 6. The van der Waals surface area contributed by atoms with Gasteiger partial charge in [0.05, 0.1) is 5.92 Å². The van der Waals surface area contributed by atoms with Gasteiger partial charge in [-0.2, -0.15) is 4.98 Å². The second kappa shape index (κ2) is 12.3. The Morgan fingerprint density at radius 1 is 0.842 bits per heavy atom. The summed E-state index contributed by atoms with van der Waals surface area (Å²) < 4.78 is 32.4. The molecule has 0 atom stereocenters. The molecule has 1 fully saturated rings. The molecule has 6 nitrogen and oxygen atoms in total. The molecule has 0 bridgehead atoms. The minimum absolute atomic E-state index is 0.0835. The van der Waals surface area contributed by atoms with E-state index in [1.54, 1.807) is 18.2 Å². The molecule has 2 heterocycles. The highest BCUT2D eigenvalue weighted by Gasteiger charge is 2.24. The molecule has 0 radical (unpaired) electrons. The number of piperidine rings is 1. The first-order valence-electron chi connectivity index (χ1n) is 12.7. The zero-order chi connectivity index (χ0) is 26.2. The van der Waals surface area contributed by atoms with Crippen LogP contribution in [0.3, 0.4) is 0 Å². The smallest absolute Gasteiger partial charge is 0.314 e. The number of nitrogens with zero attached hydrogens (tertiary/aromatic N) is 1. The molecular formula is C31H29FN2O4. The second-order valence-corrected chi connectivity index (χ2v) is 9.14. The first kappa shape index (κ1) is 25.4. The topological polar surface area (TPSA) is 69.7 Å². The highest BCUT2D eigenvalue weighted by atomic mass is 19.1. The molecule has 1 aromatic heterocycles. The molecule has 0 spiro atoms. The summed E-state index contributed by atoms with van der Waals surface area (Å²) in [5.74, 6) is -0.609. The average Bonchev–Trinajstić information content (AvgIpc) is 2.97. The van der Waals surface area contributed by atoms with E-state index in [2.05, 4.69) is 10.3 Å². The average molecular weight is 513 g/mol. The number of carbonyl (C=O) groups excluding carboxylic acids is 1. The summed E-state index contributed by atoms with van der Waals surface area (Å²) in [4.78, 5) is 17.1. The van der Waals surface area contributed by atoms with E-state index in [1.807, 2.05) is 60.7 Å². The van der Waals surface area contributed by atoms with Crippen LogP contribution in [0.1, 0.15) is 24.0 Å². The quantitative estimate of drug-likeness (QED) is 0.221. The number of rotatable bonds is 9. The van der Waals surface area contributed by atoms with Crippen LogP contribution >= 0.6 is 0 Å². The minimum Gasteiger partial charge on any atom is -0.473 e. The SMILES string of the molecule is O=C(Oc1ccc(-c2ccc(OCc3ccccc3)nc2OCc2ccccc2)cc1F)C1CCNCC1. The van der Waals surface area contributed by atoms with Crippen LogP contribution in [0, 0.1) is 11.7 Å². The Hall–Kier alpha value is -4.23. The van der Waals surface area contributed by atoms with Gasteiger partial charge in [-0.05, 0) is 60.8 Å². The summed E-state index contributed by atoms with van der Waals surface area (Å²) in [5.41, 5.74) is 3.14. The number of aromatic nitrogens is 1. The third-order valence-electron chi connectivity index (χ3n) is 6.41. The number of ether oxygens (including phenoxy) is 3. The van der Waals surface area contributed by atoms with E-state index in [9.17, 15) is 4.79 Å². The van der Waals surface area contributed by atoms with E-state index in [1.165, 1.54) is 12.1 Å². The van der Waals surface area contributed by atoms with Gasteiger partial charge in [-0.25, -0.2) is 4.39 Å². The van der Waals surface area contributed by atoms with Crippen molar-refractivity contribution in [3.8, 4) is 28.6 Å². The maximum atomic E-state index is 15.1. The zero-order valence-electron chi connectivity index (χ0n) is 20.9. The third kappa shape index (κ3) is 6.55. The van der Waals surface area contributed by atoms with E-state index in [0.29, 0.717) is 42.3 Å². The Bertz CT molecular complexity index is 1360. The van der Waals surface area contributed by atoms with E-state index >= 15 is 4.39 Å². The fourth-order valence-electron chi connectivity index (χ4n) is 4.29. The molecule has 1 aliphatic heterocycles. The monoisotopic (exact) mass is 512 g/mol. The van der Waals surface area contributed by atoms with Gasteiger partial charge in [0.1, 0.15) is 13.2 Å². The van der Waals surface area contributed by atoms with Gasteiger partial charge in [-0.15, -0.1) is 0 Å². The molecule has 7 heteroatoms. The predicted octanol–water partition coefficient (Wildman–Crippen LogP) is 5.95. The van der Waals surface area contributed by atoms with Crippen molar-refractivity contribution < 1.29 is 23.4 Å². The van der Waals surface area contributed by atoms with Crippen LogP contribution in [0.4, 0.5) is 4.39 Å². The Labute approximate surface area is 221 Å². The van der Waals surface area contributed by atoms with Gasteiger partial charge in [0.2, 0.25) is 11.8 Å². The number of hydrogen-bond donors (Lipinski definition) is 1. The van der Waals surface area contributed by atoms with Crippen LogP contribution in [0.15, 0.2) is 91.0 Å². The van der Waals surface area contributed by atoms with Crippen LogP contribution in [0.5, 0.6) is 17.5 Å². The van der Waals surface area contributed by atoms with Crippen molar-refractivity contribution in [2.24, 2.45) is 5.92 Å². The Morgan fingerprint density at radius 3 is 2.16 bits per heavy atom. The number of pyridine rings is 1. The van der Waals surface area contributed by atoms with Crippen LogP contribution in [0.2, 0.25) is 0 Å². The van der Waals surface area contributed by atoms with E-state index in [0.717, 1.165) is 24.2 Å². The molecular weight excluding hydrogens is 483 g/mol. The summed E-state index contributed by atoms with van der Waals surface area (Å²) in [6.45, 7) is 2.16. The molecule has 0 saturated carbocycles. The summed E-state index contributed by atoms with van der Waals surface area (Å²) in [6.07, 6.45) is 1.37. The van der Waals surface area contributed by atoms with Gasteiger partial charge in [0.25, 0.3) is 0 Å². The summed E-state index contributed by atoms with van der Waals surface area (Å²) in [7, 11) is 0. The highest BCUT2D eigenvalue weighted by Crippen LogP contribution is 2.34. The van der Waals surface area contributed by atoms with E-state index in [4.69, 9.17) is 14.2 Å². The molecule has 38 heavy (non-hydrogen) atoms. The van der Waals surface area contributed by atoms with Crippen molar-refractivity contribution in [1.29, 1.82) is 0 Å². The first-order chi connectivity index (χ1) is 18.7. The number of carbonyl (C=O) groups is 1. The van der Waals surface area contributed by atoms with Crippen LogP contribution in [-0.2, 0) is 18.0 Å². The Balaban J connectivity index is 1.36. The van der Waals surface area contributed by atoms with E-state index < -0.39 is 11.8 Å². The molecule has 0 unspecified atom stereocenters. The van der Waals surface area contributed by atoms with Crippen molar-refractivity contribution >= 4 is 5.97 Å². The zero-order valence-corrected chi connectivity index (χ0v) is 20.9. The molecule has 3 aromatic carbocycles. The normalized spacial score (nSPS) is 13.6. The van der Waals surface area contributed by atoms with Crippen molar-refractivity contribution in [2.45, 2.75) is 26.1 Å². The van der Waals surface area contributed by atoms with Crippen molar-refractivity contribution in [3.63, 3.8) is 0 Å². The van der Waals surface area contributed by atoms with Gasteiger partial charge < -0.3 is 19.5 Å². The lowest BCUT2D eigenvalue weighted by molar-refractivity contribution is -0.140. The van der Waals surface area contributed by atoms with Crippen molar-refractivity contribution in [3.05, 3.63) is 108 Å². The van der Waals surface area contributed by atoms with Crippen LogP contribution in [-0.4, -0.2) is 24.0 Å². The lowest BCUT2D eigenvalue weighted by atomic mass is 9.98. The molecule has 0 aliphatic carbocycles. The number of halogens is 1. The molecule has 1 aliphatic rings. The first-order valence-corrected chi connectivity index (χ1v) is 12.7. The van der Waals surface area contributed by atoms with Gasteiger partial charge in [0, 0.05) is 11.6 Å². The van der Waals surface area contributed by atoms with Gasteiger partial charge in [-0.3, -0.25) is 4.79 Å². The fourth-order valence-corrected chi connectivity index (χ4v) is 4.29. The van der Waals surface area contributed by atoms with Crippen LogP contribution < -0.4 is 19.5 Å². The maximum Gasteiger partial charge on any atom is 0.314 e. The fraction of sp³-hybridized carbons (Fsp3) is 0.226. The van der Waals surface area contributed by atoms with Gasteiger partial charge in [0.15, 0.2) is 11.6 Å². The molecule has 1 saturated heterocycles. The maximum absolute atomic E-state index is 15.1. The summed E-state index contributed by atoms with van der Waals surface area (Å²) in [6, 6.07) is 27.6. The van der Waals surface area contributed by atoms with Crippen molar-refractivity contribution in [2.75, 3.05) is 13.1 Å². The number of benzene rings is 3. The molecule has 4 aromatic rings. The lowest BCUT2D eigenvalue weighted by Gasteiger charge is -2.21. The second-order valence-electron chi connectivity index (χ2n) is 9.14. The molecule has 194 valence electrons. The Morgan fingerprint density at radius 2 is 1.50 bits per heavy atom. The predicted molar refractivity (Wildman–Crippen MR) is 142 cm³/mol.